The van der Waals surface area contributed by atoms with Crippen LogP contribution < -0.4 is 10.1 Å². The summed E-state index contributed by atoms with van der Waals surface area (Å²) in [4.78, 5) is 14.9. The van der Waals surface area contributed by atoms with Crippen molar-refractivity contribution in [2.75, 3.05) is 6.61 Å². The maximum atomic E-state index is 12.4. The molecule has 2 aliphatic heterocycles. The van der Waals surface area contributed by atoms with E-state index in [2.05, 4.69) is 28.4 Å². The first kappa shape index (κ1) is 19.8. The van der Waals surface area contributed by atoms with Crippen LogP contribution in [-0.2, 0) is 11.3 Å². The molecule has 0 spiro atoms. The number of benzene rings is 2. The van der Waals surface area contributed by atoms with Gasteiger partial charge in [0, 0.05) is 29.7 Å². The van der Waals surface area contributed by atoms with Gasteiger partial charge in [-0.3, -0.25) is 9.69 Å². The molecule has 2 saturated heterocycles. The second-order valence-corrected chi connectivity index (χ2v) is 8.28. The van der Waals surface area contributed by atoms with E-state index in [0.717, 1.165) is 24.4 Å². The van der Waals surface area contributed by atoms with Crippen molar-refractivity contribution in [1.82, 2.24) is 10.2 Å². The number of halogens is 1. The number of ether oxygens (including phenoxy) is 1. The van der Waals surface area contributed by atoms with Crippen LogP contribution >= 0.6 is 11.6 Å². The Morgan fingerprint density at radius 3 is 2.59 bits per heavy atom. The van der Waals surface area contributed by atoms with Gasteiger partial charge in [0.2, 0.25) is 0 Å². The van der Waals surface area contributed by atoms with Crippen molar-refractivity contribution < 1.29 is 9.53 Å². The Morgan fingerprint density at radius 2 is 1.90 bits per heavy atom. The van der Waals surface area contributed by atoms with Crippen LogP contribution in [0.15, 0.2) is 48.5 Å². The highest BCUT2D eigenvalue weighted by molar-refractivity contribution is 6.30. The number of carbonyl (C=O) groups excluding carboxylic acids is 1. The topological polar surface area (TPSA) is 65.4 Å². The summed E-state index contributed by atoms with van der Waals surface area (Å²) in [5.74, 6) is 0.431. The Hall–Kier alpha value is -2.55. The van der Waals surface area contributed by atoms with Gasteiger partial charge in [-0.05, 0) is 61.6 Å². The second kappa shape index (κ2) is 8.86. The van der Waals surface area contributed by atoms with E-state index in [0.29, 0.717) is 23.4 Å². The highest BCUT2D eigenvalue weighted by Crippen LogP contribution is 2.37. The summed E-state index contributed by atoms with van der Waals surface area (Å²) in [6.07, 6.45) is 4.31. The molecule has 4 rings (SSSR count). The van der Waals surface area contributed by atoms with Crippen LogP contribution in [0.3, 0.4) is 0 Å². The highest BCUT2D eigenvalue weighted by atomic mass is 35.5. The lowest BCUT2D eigenvalue weighted by Crippen LogP contribution is -2.50. The normalized spacial score (nSPS) is 23.4. The first-order chi connectivity index (χ1) is 14.1. The Kier molecular flexibility index (Phi) is 6.03. The SMILES string of the molecule is N#Cc1cccc(OCC(=O)NC2CC3CCC(C2)N3Cc2ccc(Cl)cc2)c1. The van der Waals surface area contributed by atoms with Crippen LogP contribution in [0.2, 0.25) is 5.02 Å². The van der Waals surface area contributed by atoms with E-state index in [9.17, 15) is 4.79 Å². The average Bonchev–Trinajstić information content (AvgIpc) is 2.96. The van der Waals surface area contributed by atoms with Crippen molar-refractivity contribution in [2.24, 2.45) is 0 Å². The van der Waals surface area contributed by atoms with Crippen molar-refractivity contribution in [3.63, 3.8) is 0 Å². The zero-order valence-corrected chi connectivity index (χ0v) is 16.9. The number of nitrogens with zero attached hydrogens (tertiary/aromatic N) is 2. The summed E-state index contributed by atoms with van der Waals surface area (Å²) in [5, 5.41) is 12.8. The Labute approximate surface area is 176 Å². The Bertz CT molecular complexity index is 895. The number of nitrogens with one attached hydrogen (secondary N) is 1. The minimum atomic E-state index is -0.108. The average molecular weight is 410 g/mol. The van der Waals surface area contributed by atoms with E-state index in [1.54, 1.807) is 24.3 Å². The van der Waals surface area contributed by atoms with Gasteiger partial charge in [0.1, 0.15) is 5.75 Å². The standard InChI is InChI=1S/C23H24ClN3O2/c24-18-6-4-16(5-7-18)14-27-20-8-9-21(27)12-19(11-20)26-23(28)15-29-22-3-1-2-17(10-22)13-25/h1-7,10,19-21H,8-9,11-12,14-15H2,(H,26,28). The molecule has 2 aliphatic rings. The zero-order chi connectivity index (χ0) is 20.2. The van der Waals surface area contributed by atoms with Gasteiger partial charge in [0.25, 0.3) is 5.91 Å². The highest BCUT2D eigenvalue weighted by Gasteiger charge is 2.40. The van der Waals surface area contributed by atoms with Gasteiger partial charge in [-0.1, -0.05) is 29.8 Å². The van der Waals surface area contributed by atoms with Crippen LogP contribution in [0.1, 0.15) is 36.8 Å². The summed E-state index contributed by atoms with van der Waals surface area (Å²) in [5.41, 5.74) is 1.80. The molecule has 0 aliphatic carbocycles. The molecule has 150 valence electrons. The zero-order valence-electron chi connectivity index (χ0n) is 16.2. The molecule has 2 aromatic rings. The van der Waals surface area contributed by atoms with Crippen LogP contribution in [-0.4, -0.2) is 35.5 Å². The summed E-state index contributed by atoms with van der Waals surface area (Å²) in [6, 6.07) is 18.2. The van der Waals surface area contributed by atoms with Crippen LogP contribution in [0.4, 0.5) is 0 Å². The molecule has 2 fully saturated rings. The van der Waals surface area contributed by atoms with Crippen molar-refractivity contribution >= 4 is 17.5 Å². The van der Waals surface area contributed by atoms with Gasteiger partial charge in [0.15, 0.2) is 6.61 Å². The van der Waals surface area contributed by atoms with Gasteiger partial charge >= 0.3 is 0 Å². The van der Waals surface area contributed by atoms with Crippen molar-refractivity contribution in [3.8, 4) is 11.8 Å². The van der Waals surface area contributed by atoms with Crippen LogP contribution in [0, 0.1) is 11.3 Å². The molecule has 6 heteroatoms. The molecule has 0 radical (unpaired) electrons. The molecule has 1 N–H and O–H groups in total. The molecule has 2 aromatic carbocycles. The molecule has 2 atom stereocenters. The number of hydrogen-bond donors (Lipinski definition) is 1. The van der Waals surface area contributed by atoms with E-state index in [1.807, 2.05) is 12.1 Å². The lowest BCUT2D eigenvalue weighted by Gasteiger charge is -2.39. The van der Waals surface area contributed by atoms with E-state index in [-0.39, 0.29) is 18.6 Å². The maximum Gasteiger partial charge on any atom is 0.258 e. The Balaban J connectivity index is 1.28. The second-order valence-electron chi connectivity index (χ2n) is 7.85. The molecule has 0 saturated carbocycles. The Morgan fingerprint density at radius 1 is 1.17 bits per heavy atom. The number of amides is 1. The molecule has 1 amide bonds. The first-order valence-corrected chi connectivity index (χ1v) is 10.4. The minimum Gasteiger partial charge on any atom is -0.484 e. The summed E-state index contributed by atoms with van der Waals surface area (Å²) in [7, 11) is 0. The molecule has 2 heterocycles. The fourth-order valence-electron chi connectivity index (χ4n) is 4.52. The third kappa shape index (κ3) is 4.90. The quantitative estimate of drug-likeness (QED) is 0.785. The molecule has 29 heavy (non-hydrogen) atoms. The summed E-state index contributed by atoms with van der Waals surface area (Å²) in [6.45, 7) is 0.903. The third-order valence-corrected chi connectivity index (χ3v) is 6.11. The number of carbonyl (C=O) groups is 1. The van der Waals surface area contributed by atoms with Crippen molar-refractivity contribution in [1.29, 1.82) is 5.26 Å². The van der Waals surface area contributed by atoms with Gasteiger partial charge in [-0.2, -0.15) is 5.26 Å². The molecular formula is C23H24ClN3O2. The number of hydrogen-bond acceptors (Lipinski definition) is 4. The maximum absolute atomic E-state index is 12.4. The van der Waals surface area contributed by atoms with E-state index in [1.165, 1.54) is 18.4 Å². The van der Waals surface area contributed by atoms with Gasteiger partial charge < -0.3 is 10.1 Å². The number of piperidine rings is 1. The molecule has 2 bridgehead atoms. The van der Waals surface area contributed by atoms with Crippen LogP contribution in [0.5, 0.6) is 5.75 Å². The van der Waals surface area contributed by atoms with Gasteiger partial charge in [0.05, 0.1) is 11.6 Å². The van der Waals surface area contributed by atoms with E-state index < -0.39 is 0 Å². The van der Waals surface area contributed by atoms with Gasteiger partial charge in [-0.15, -0.1) is 0 Å². The third-order valence-electron chi connectivity index (χ3n) is 5.86. The minimum absolute atomic E-state index is 0.0325. The lowest BCUT2D eigenvalue weighted by molar-refractivity contribution is -0.124. The fraction of sp³-hybridized carbons (Fsp3) is 0.391. The van der Waals surface area contributed by atoms with Crippen molar-refractivity contribution in [3.05, 3.63) is 64.7 Å². The predicted octanol–water partition coefficient (Wildman–Crippen LogP) is 3.90. The largest absolute Gasteiger partial charge is 0.484 e. The first-order valence-electron chi connectivity index (χ1n) is 10.0. The summed E-state index contributed by atoms with van der Waals surface area (Å²) >= 11 is 5.99. The molecule has 0 aromatic heterocycles. The predicted molar refractivity (Wildman–Crippen MR) is 112 cm³/mol. The number of rotatable bonds is 6. The number of nitriles is 1. The van der Waals surface area contributed by atoms with Crippen LogP contribution in [0.25, 0.3) is 0 Å². The smallest absolute Gasteiger partial charge is 0.258 e. The number of fused-ring (bicyclic) bond motifs is 2. The summed E-state index contributed by atoms with van der Waals surface area (Å²) < 4.78 is 5.55. The molecule has 2 unspecified atom stereocenters. The van der Waals surface area contributed by atoms with E-state index >= 15 is 0 Å². The molecular weight excluding hydrogens is 386 g/mol. The molecule has 5 nitrogen and oxygen atoms in total. The lowest BCUT2D eigenvalue weighted by atomic mass is 9.96. The monoisotopic (exact) mass is 409 g/mol. The van der Waals surface area contributed by atoms with Crippen molar-refractivity contribution in [2.45, 2.75) is 50.4 Å². The van der Waals surface area contributed by atoms with Gasteiger partial charge in [-0.25, -0.2) is 0 Å². The fourth-order valence-corrected chi connectivity index (χ4v) is 4.65. The van der Waals surface area contributed by atoms with E-state index in [4.69, 9.17) is 21.6 Å².